The molecule has 4 aromatic carbocycles. The molecule has 0 aliphatic carbocycles. The lowest BCUT2D eigenvalue weighted by molar-refractivity contribution is -0.137. The zero-order valence-corrected chi connectivity index (χ0v) is 22.2. The molecular weight excluding hydrogens is 517 g/mol. The van der Waals surface area contributed by atoms with E-state index >= 15 is 0 Å². The van der Waals surface area contributed by atoms with Gasteiger partial charge in [0.25, 0.3) is 0 Å². The second kappa shape index (κ2) is 9.33. The molecule has 0 radical (unpaired) electrons. The normalized spacial score (nSPS) is 17.0. The van der Waals surface area contributed by atoms with Crippen LogP contribution in [0.25, 0.3) is 0 Å². The van der Waals surface area contributed by atoms with Crippen molar-refractivity contribution in [3.05, 3.63) is 112 Å². The summed E-state index contributed by atoms with van der Waals surface area (Å²) >= 11 is 0. The van der Waals surface area contributed by atoms with Crippen LogP contribution in [0.15, 0.2) is 78.9 Å². The van der Waals surface area contributed by atoms with Crippen molar-refractivity contribution in [1.82, 2.24) is 0 Å². The quantitative estimate of drug-likeness (QED) is 0.257. The fourth-order valence-corrected chi connectivity index (χ4v) is 5.66. The Morgan fingerprint density at radius 3 is 2.35 bits per heavy atom. The number of hydrogen-bond acceptors (Lipinski definition) is 5. The minimum Gasteiger partial charge on any atom is -0.456 e. The maximum Gasteiger partial charge on any atom is 0.416 e. The predicted molar refractivity (Wildman–Crippen MR) is 148 cm³/mol. The number of anilines is 3. The standard InChI is InChI=1S/C32H27F3N2O3/c1-4-37(5-2)22-13-14-25-29(17-22)39-28-15-19(3)27(36-21-10-8-9-20(16-21)32(33,34)35)18-26(28)31(25)24-12-7-6-11-23(24)30(38)40-31/h6-18,36H,4-5H2,1-3H3. The van der Waals surface area contributed by atoms with E-state index in [4.69, 9.17) is 9.47 Å². The average molecular weight is 545 g/mol. The van der Waals surface area contributed by atoms with Crippen LogP contribution < -0.4 is 15.0 Å². The molecule has 6 rings (SSSR count). The molecule has 8 heteroatoms. The number of esters is 1. The minimum absolute atomic E-state index is 0.289. The van der Waals surface area contributed by atoms with Gasteiger partial charge in [-0.05, 0) is 74.9 Å². The van der Waals surface area contributed by atoms with Crippen LogP contribution in [0.5, 0.6) is 11.5 Å². The van der Waals surface area contributed by atoms with E-state index < -0.39 is 23.3 Å². The Morgan fingerprint density at radius 1 is 0.850 bits per heavy atom. The van der Waals surface area contributed by atoms with Crippen LogP contribution in [0.4, 0.5) is 30.2 Å². The van der Waals surface area contributed by atoms with E-state index in [1.54, 1.807) is 18.2 Å². The first-order valence-electron chi connectivity index (χ1n) is 13.1. The zero-order valence-electron chi connectivity index (χ0n) is 22.2. The summed E-state index contributed by atoms with van der Waals surface area (Å²) < 4.78 is 52.8. The largest absolute Gasteiger partial charge is 0.456 e. The summed E-state index contributed by atoms with van der Waals surface area (Å²) in [7, 11) is 0. The molecule has 0 saturated heterocycles. The fraction of sp³-hybridized carbons (Fsp3) is 0.219. The molecule has 4 aromatic rings. The van der Waals surface area contributed by atoms with Crippen LogP contribution in [-0.4, -0.2) is 19.1 Å². The summed E-state index contributed by atoms with van der Waals surface area (Å²) in [6.07, 6.45) is -4.46. The molecule has 0 aromatic heterocycles. The molecule has 0 fully saturated rings. The molecule has 1 unspecified atom stereocenters. The third kappa shape index (κ3) is 3.97. The topological polar surface area (TPSA) is 50.8 Å². The van der Waals surface area contributed by atoms with Crippen LogP contribution in [-0.2, 0) is 16.5 Å². The first kappa shape index (κ1) is 25.8. The molecule has 2 heterocycles. The van der Waals surface area contributed by atoms with Gasteiger partial charge in [-0.1, -0.05) is 24.3 Å². The number of alkyl halides is 3. The van der Waals surface area contributed by atoms with E-state index in [9.17, 15) is 18.0 Å². The molecule has 0 saturated carbocycles. The van der Waals surface area contributed by atoms with E-state index in [1.807, 2.05) is 49.4 Å². The van der Waals surface area contributed by atoms with Gasteiger partial charge in [0.15, 0.2) is 5.60 Å². The van der Waals surface area contributed by atoms with Gasteiger partial charge in [0.2, 0.25) is 0 Å². The van der Waals surface area contributed by atoms with Crippen molar-refractivity contribution < 1.29 is 27.4 Å². The van der Waals surface area contributed by atoms with Crippen molar-refractivity contribution in [3.63, 3.8) is 0 Å². The van der Waals surface area contributed by atoms with Crippen LogP contribution in [0.1, 0.15) is 52.0 Å². The van der Waals surface area contributed by atoms with E-state index in [-0.39, 0.29) is 5.69 Å². The maximum absolute atomic E-state index is 13.4. The first-order valence-corrected chi connectivity index (χ1v) is 13.1. The van der Waals surface area contributed by atoms with E-state index in [0.29, 0.717) is 39.4 Å². The highest BCUT2D eigenvalue weighted by Crippen LogP contribution is 2.57. The molecule has 5 nitrogen and oxygen atoms in total. The molecule has 0 amide bonds. The van der Waals surface area contributed by atoms with Crippen molar-refractivity contribution in [2.75, 3.05) is 23.3 Å². The number of carbonyl (C=O) groups excluding carboxylic acids is 1. The molecule has 1 spiro atoms. The van der Waals surface area contributed by atoms with Crippen molar-refractivity contribution in [3.8, 4) is 11.5 Å². The van der Waals surface area contributed by atoms with Crippen molar-refractivity contribution in [2.45, 2.75) is 32.5 Å². The molecule has 204 valence electrons. The molecule has 0 bridgehead atoms. The Balaban J connectivity index is 1.54. The predicted octanol–water partition coefficient (Wildman–Crippen LogP) is 8.17. The molecule has 40 heavy (non-hydrogen) atoms. The second-order valence-corrected chi connectivity index (χ2v) is 9.94. The summed E-state index contributed by atoms with van der Waals surface area (Å²) in [5.74, 6) is 0.648. The summed E-state index contributed by atoms with van der Waals surface area (Å²) in [4.78, 5) is 15.4. The lowest BCUT2D eigenvalue weighted by Crippen LogP contribution is -2.33. The summed E-state index contributed by atoms with van der Waals surface area (Å²) in [5, 5.41) is 3.14. The number of aryl methyl sites for hydroxylation is 1. The smallest absolute Gasteiger partial charge is 0.416 e. The number of nitrogens with zero attached hydrogens (tertiary/aromatic N) is 1. The third-order valence-corrected chi connectivity index (χ3v) is 7.64. The molecule has 2 aliphatic rings. The number of hydrogen-bond donors (Lipinski definition) is 1. The Morgan fingerprint density at radius 2 is 1.60 bits per heavy atom. The van der Waals surface area contributed by atoms with Crippen LogP contribution >= 0.6 is 0 Å². The number of benzene rings is 4. The van der Waals surface area contributed by atoms with Crippen LogP contribution in [0.2, 0.25) is 0 Å². The summed E-state index contributed by atoms with van der Waals surface area (Å²) in [5.41, 5.74) is 3.00. The molecule has 2 aliphatic heterocycles. The van der Waals surface area contributed by atoms with E-state index in [1.165, 1.54) is 6.07 Å². The second-order valence-electron chi connectivity index (χ2n) is 9.94. The van der Waals surface area contributed by atoms with Crippen molar-refractivity contribution in [1.29, 1.82) is 0 Å². The van der Waals surface area contributed by atoms with E-state index in [0.717, 1.165) is 36.5 Å². The molecule has 1 atom stereocenters. The van der Waals surface area contributed by atoms with E-state index in [2.05, 4.69) is 24.1 Å². The minimum atomic E-state index is -4.46. The Kier molecular flexibility index (Phi) is 6.02. The fourth-order valence-electron chi connectivity index (χ4n) is 5.66. The third-order valence-electron chi connectivity index (χ3n) is 7.64. The molecular formula is C32H27F3N2O3. The number of fused-ring (bicyclic) bond motifs is 6. The molecule has 1 N–H and O–H groups in total. The summed E-state index contributed by atoms with van der Waals surface area (Å²) in [6, 6.07) is 21.8. The highest BCUT2D eigenvalue weighted by molar-refractivity contribution is 5.97. The lowest BCUT2D eigenvalue weighted by Gasteiger charge is -2.37. The first-order chi connectivity index (χ1) is 19.2. The van der Waals surface area contributed by atoms with Gasteiger partial charge in [-0.25, -0.2) is 4.79 Å². The SMILES string of the molecule is CCN(CC)c1ccc2c(c1)Oc1cc(C)c(Nc3cccc(C(F)(F)F)c3)cc1C21OC(=O)c2ccccc21. The maximum atomic E-state index is 13.4. The Labute approximate surface area is 230 Å². The number of nitrogens with one attached hydrogen (secondary N) is 1. The summed E-state index contributed by atoms with van der Waals surface area (Å²) in [6.45, 7) is 7.65. The number of rotatable bonds is 5. The van der Waals surface area contributed by atoms with Crippen molar-refractivity contribution >= 4 is 23.0 Å². The highest BCUT2D eigenvalue weighted by Gasteiger charge is 2.53. The Hall–Kier alpha value is -4.46. The van der Waals surface area contributed by atoms with Gasteiger partial charge in [-0.3, -0.25) is 0 Å². The highest BCUT2D eigenvalue weighted by atomic mass is 19.4. The Bertz CT molecular complexity index is 1650. The van der Waals surface area contributed by atoms with Crippen LogP contribution in [0.3, 0.4) is 0 Å². The van der Waals surface area contributed by atoms with Gasteiger partial charge in [-0.15, -0.1) is 0 Å². The van der Waals surface area contributed by atoms with Gasteiger partial charge in [0.05, 0.1) is 11.1 Å². The van der Waals surface area contributed by atoms with Gasteiger partial charge < -0.3 is 19.7 Å². The van der Waals surface area contributed by atoms with Crippen molar-refractivity contribution in [2.24, 2.45) is 0 Å². The zero-order chi connectivity index (χ0) is 28.2. The van der Waals surface area contributed by atoms with Gasteiger partial charge in [-0.2, -0.15) is 13.2 Å². The van der Waals surface area contributed by atoms with Gasteiger partial charge >= 0.3 is 12.1 Å². The average Bonchev–Trinajstić information content (AvgIpc) is 3.23. The van der Waals surface area contributed by atoms with Gasteiger partial charge in [0.1, 0.15) is 11.5 Å². The van der Waals surface area contributed by atoms with Crippen LogP contribution in [0, 0.1) is 6.92 Å². The number of carbonyl (C=O) groups is 1. The monoisotopic (exact) mass is 544 g/mol. The number of halogens is 3. The van der Waals surface area contributed by atoms with Gasteiger partial charge in [0, 0.05) is 52.9 Å². The lowest BCUT2D eigenvalue weighted by atomic mass is 9.77. The number of ether oxygens (including phenoxy) is 2.